The van der Waals surface area contributed by atoms with Crippen LogP contribution in [-0.4, -0.2) is 11.2 Å². The Morgan fingerprint density at radius 3 is 3.25 bits per heavy atom. The minimum atomic E-state index is -0.107. The Bertz CT molecular complexity index is 312. The van der Waals surface area contributed by atoms with Crippen LogP contribution in [0.15, 0.2) is 23.1 Å². The van der Waals surface area contributed by atoms with Gasteiger partial charge in [0.25, 0.3) is 5.56 Å². The van der Waals surface area contributed by atoms with E-state index in [0.29, 0.717) is 0 Å². The molecule has 1 fully saturated rings. The molecule has 1 aliphatic rings. The van der Waals surface area contributed by atoms with Crippen molar-refractivity contribution in [3.63, 3.8) is 0 Å². The summed E-state index contributed by atoms with van der Waals surface area (Å²) in [6, 6.07) is 6.02. The molecule has 3 heteroatoms. The summed E-state index contributed by atoms with van der Waals surface area (Å²) in [7, 11) is 0. The van der Waals surface area contributed by atoms with Gasteiger partial charge in [0.15, 0.2) is 0 Å². The van der Waals surface area contributed by atoms with E-state index >= 15 is 0 Å². The number of hydrogen-bond acceptors (Lipinski definition) is 2. The molecule has 0 aliphatic carbocycles. The Morgan fingerprint density at radius 1 is 1.67 bits per heavy atom. The lowest BCUT2D eigenvalue weighted by Crippen LogP contribution is -2.22. The van der Waals surface area contributed by atoms with Crippen LogP contribution in [0.25, 0.3) is 0 Å². The predicted molar refractivity (Wildman–Crippen MR) is 43.8 cm³/mol. The highest BCUT2D eigenvalue weighted by Crippen LogP contribution is 2.20. The van der Waals surface area contributed by atoms with Crippen molar-refractivity contribution >= 4 is 0 Å². The SMILES string of the molecule is O=c1[c]cccn1C1CCCO1. The van der Waals surface area contributed by atoms with Crippen LogP contribution >= 0.6 is 0 Å². The molecule has 0 N–H and O–H groups in total. The average molecular weight is 164 g/mol. The van der Waals surface area contributed by atoms with Crippen molar-refractivity contribution in [1.82, 2.24) is 4.57 Å². The number of rotatable bonds is 1. The maximum absolute atomic E-state index is 11.2. The van der Waals surface area contributed by atoms with Crippen molar-refractivity contribution in [3.05, 3.63) is 34.7 Å². The molecule has 0 amide bonds. The van der Waals surface area contributed by atoms with Crippen molar-refractivity contribution in [1.29, 1.82) is 0 Å². The molecule has 0 aromatic carbocycles. The standard InChI is InChI=1S/C9H10NO2/c11-8-4-1-2-6-10(8)9-5-3-7-12-9/h1-2,6,9H,3,5,7H2. The van der Waals surface area contributed by atoms with Crippen LogP contribution in [0.2, 0.25) is 0 Å². The number of pyridine rings is 1. The zero-order chi connectivity index (χ0) is 8.39. The van der Waals surface area contributed by atoms with Crippen molar-refractivity contribution in [2.75, 3.05) is 6.61 Å². The van der Waals surface area contributed by atoms with E-state index in [1.54, 1.807) is 22.9 Å². The molecule has 0 spiro atoms. The zero-order valence-electron chi connectivity index (χ0n) is 6.69. The maximum atomic E-state index is 11.2. The summed E-state index contributed by atoms with van der Waals surface area (Å²) < 4.78 is 6.95. The summed E-state index contributed by atoms with van der Waals surface area (Å²) in [4.78, 5) is 11.2. The minimum Gasteiger partial charge on any atom is -0.358 e. The second-order valence-electron chi connectivity index (χ2n) is 2.83. The topological polar surface area (TPSA) is 31.2 Å². The van der Waals surface area contributed by atoms with E-state index in [4.69, 9.17) is 4.74 Å². The summed E-state index contributed by atoms with van der Waals surface area (Å²) >= 11 is 0. The van der Waals surface area contributed by atoms with Gasteiger partial charge in [-0.25, -0.2) is 0 Å². The van der Waals surface area contributed by atoms with Crippen LogP contribution in [0, 0.1) is 6.07 Å². The van der Waals surface area contributed by atoms with Gasteiger partial charge in [-0.3, -0.25) is 9.36 Å². The van der Waals surface area contributed by atoms with Gasteiger partial charge in [-0.1, -0.05) is 0 Å². The van der Waals surface area contributed by atoms with E-state index < -0.39 is 0 Å². The first kappa shape index (κ1) is 7.55. The Morgan fingerprint density at radius 2 is 2.58 bits per heavy atom. The molecule has 3 nitrogen and oxygen atoms in total. The van der Waals surface area contributed by atoms with Crippen LogP contribution < -0.4 is 5.56 Å². The Labute approximate surface area is 70.6 Å². The van der Waals surface area contributed by atoms with Crippen molar-refractivity contribution < 1.29 is 4.74 Å². The highest BCUT2D eigenvalue weighted by atomic mass is 16.5. The third kappa shape index (κ3) is 1.28. The van der Waals surface area contributed by atoms with Gasteiger partial charge >= 0.3 is 0 Å². The van der Waals surface area contributed by atoms with E-state index in [-0.39, 0.29) is 11.8 Å². The van der Waals surface area contributed by atoms with E-state index in [9.17, 15) is 4.79 Å². The van der Waals surface area contributed by atoms with Crippen LogP contribution in [-0.2, 0) is 4.74 Å². The fourth-order valence-corrected chi connectivity index (χ4v) is 1.40. The fraction of sp³-hybridized carbons (Fsp3) is 0.444. The van der Waals surface area contributed by atoms with Crippen LogP contribution in [0.3, 0.4) is 0 Å². The molecule has 2 heterocycles. The highest BCUT2D eigenvalue weighted by molar-refractivity contribution is 4.92. The van der Waals surface area contributed by atoms with Crippen molar-refractivity contribution in [2.24, 2.45) is 0 Å². The molecule has 1 atom stereocenters. The molecule has 1 unspecified atom stereocenters. The Hall–Kier alpha value is -1.09. The van der Waals surface area contributed by atoms with Gasteiger partial charge in [-0.2, -0.15) is 0 Å². The van der Waals surface area contributed by atoms with Gasteiger partial charge in [0, 0.05) is 12.8 Å². The van der Waals surface area contributed by atoms with E-state index in [0.717, 1.165) is 19.4 Å². The quantitative estimate of drug-likeness (QED) is 0.619. The molecular weight excluding hydrogens is 154 g/mol. The predicted octanol–water partition coefficient (Wildman–Crippen LogP) is 0.957. The summed E-state index contributed by atoms with van der Waals surface area (Å²) in [6.07, 6.45) is 3.65. The maximum Gasteiger partial charge on any atom is 0.260 e. The lowest BCUT2D eigenvalue weighted by molar-refractivity contribution is 0.0537. The van der Waals surface area contributed by atoms with E-state index in [2.05, 4.69) is 6.07 Å². The largest absolute Gasteiger partial charge is 0.358 e. The van der Waals surface area contributed by atoms with Gasteiger partial charge in [-0.05, 0) is 25.0 Å². The fourth-order valence-electron chi connectivity index (χ4n) is 1.40. The lowest BCUT2D eigenvalue weighted by Gasteiger charge is -2.11. The third-order valence-electron chi connectivity index (χ3n) is 2.00. The molecule has 1 aliphatic heterocycles. The van der Waals surface area contributed by atoms with E-state index in [1.165, 1.54) is 0 Å². The number of aromatic nitrogens is 1. The van der Waals surface area contributed by atoms with Gasteiger partial charge < -0.3 is 4.74 Å². The molecule has 63 valence electrons. The molecule has 1 saturated heterocycles. The summed E-state index contributed by atoms with van der Waals surface area (Å²) in [6.45, 7) is 0.756. The smallest absolute Gasteiger partial charge is 0.260 e. The Kier molecular flexibility index (Phi) is 1.96. The molecule has 12 heavy (non-hydrogen) atoms. The van der Waals surface area contributed by atoms with Crippen molar-refractivity contribution in [2.45, 2.75) is 19.1 Å². The molecule has 0 bridgehead atoms. The Balaban J connectivity index is 2.32. The molecule has 0 saturated carbocycles. The normalized spacial score (nSPS) is 22.8. The summed E-state index contributed by atoms with van der Waals surface area (Å²) in [5, 5.41) is 0. The number of nitrogens with zero attached hydrogens (tertiary/aromatic N) is 1. The van der Waals surface area contributed by atoms with Crippen molar-refractivity contribution in [3.8, 4) is 0 Å². The van der Waals surface area contributed by atoms with Crippen LogP contribution in [0.1, 0.15) is 19.1 Å². The molecule has 1 aromatic heterocycles. The van der Waals surface area contributed by atoms with Crippen LogP contribution in [0.5, 0.6) is 0 Å². The second kappa shape index (κ2) is 3.11. The third-order valence-corrected chi connectivity index (χ3v) is 2.00. The first-order valence-corrected chi connectivity index (χ1v) is 4.08. The molecule has 1 radical (unpaired) electrons. The van der Waals surface area contributed by atoms with Gasteiger partial charge in [0.05, 0.1) is 6.07 Å². The first-order valence-electron chi connectivity index (χ1n) is 4.08. The van der Waals surface area contributed by atoms with Gasteiger partial charge in [-0.15, -0.1) is 0 Å². The lowest BCUT2D eigenvalue weighted by atomic mass is 10.3. The summed E-state index contributed by atoms with van der Waals surface area (Å²) in [5.74, 6) is 0. The average Bonchev–Trinajstić information content (AvgIpc) is 2.57. The second-order valence-corrected chi connectivity index (χ2v) is 2.83. The number of ether oxygens (including phenoxy) is 1. The monoisotopic (exact) mass is 164 g/mol. The summed E-state index contributed by atoms with van der Waals surface area (Å²) in [5.41, 5.74) is -0.107. The number of hydrogen-bond donors (Lipinski definition) is 0. The van der Waals surface area contributed by atoms with Crippen LogP contribution in [0.4, 0.5) is 0 Å². The van der Waals surface area contributed by atoms with Gasteiger partial charge in [0.1, 0.15) is 6.23 Å². The van der Waals surface area contributed by atoms with E-state index in [1.807, 2.05) is 0 Å². The minimum absolute atomic E-state index is 0.0602. The van der Waals surface area contributed by atoms with Gasteiger partial charge in [0.2, 0.25) is 0 Å². The molecular formula is C9H10NO2. The molecule has 2 rings (SSSR count). The molecule has 1 aromatic rings. The first-order chi connectivity index (χ1) is 5.88. The highest BCUT2D eigenvalue weighted by Gasteiger charge is 2.17. The zero-order valence-corrected chi connectivity index (χ0v) is 6.69.